The van der Waals surface area contributed by atoms with Gasteiger partial charge in [-0.05, 0) is 66.9 Å². The van der Waals surface area contributed by atoms with Crippen LogP contribution >= 0.6 is 0 Å². The van der Waals surface area contributed by atoms with Crippen LogP contribution in [0.25, 0.3) is 11.1 Å². The second-order valence-corrected chi connectivity index (χ2v) is 7.86. The van der Waals surface area contributed by atoms with Crippen LogP contribution in [0.2, 0.25) is 0 Å². The van der Waals surface area contributed by atoms with Crippen molar-refractivity contribution in [3.63, 3.8) is 0 Å². The maximum absolute atomic E-state index is 12.8. The van der Waals surface area contributed by atoms with Crippen molar-refractivity contribution in [1.29, 1.82) is 0 Å². The lowest BCUT2D eigenvalue weighted by Crippen LogP contribution is -2.49. The second kappa shape index (κ2) is 10.1. The summed E-state index contributed by atoms with van der Waals surface area (Å²) in [6, 6.07) is 23.0. The van der Waals surface area contributed by atoms with Crippen LogP contribution in [0.3, 0.4) is 0 Å². The number of benzene rings is 3. The average molecular weight is 431 g/mol. The molecule has 6 nitrogen and oxygen atoms in total. The van der Waals surface area contributed by atoms with Crippen molar-refractivity contribution < 1.29 is 19.4 Å². The zero-order valence-electron chi connectivity index (χ0n) is 17.7. The van der Waals surface area contributed by atoms with E-state index in [0.29, 0.717) is 24.1 Å². The van der Waals surface area contributed by atoms with Gasteiger partial charge in [0.15, 0.2) is 0 Å². The molecule has 0 radical (unpaired) electrons. The monoisotopic (exact) mass is 430 g/mol. The summed E-state index contributed by atoms with van der Waals surface area (Å²) < 4.78 is 5.84. The first-order valence-electron chi connectivity index (χ1n) is 10.8. The number of rotatable bonds is 5. The predicted octanol–water partition coefficient (Wildman–Crippen LogP) is 3.77. The lowest BCUT2D eigenvalue weighted by Gasteiger charge is -2.26. The van der Waals surface area contributed by atoms with Gasteiger partial charge in [-0.2, -0.15) is 0 Å². The number of phenolic OH excluding ortho intramolecular Hbond substituents is 1. The third-order valence-electron chi connectivity index (χ3n) is 5.59. The van der Waals surface area contributed by atoms with Crippen LogP contribution in [0.1, 0.15) is 33.6 Å². The fourth-order valence-corrected chi connectivity index (χ4v) is 3.80. The van der Waals surface area contributed by atoms with E-state index in [1.165, 1.54) is 12.1 Å². The van der Waals surface area contributed by atoms with Crippen molar-refractivity contribution in [2.45, 2.75) is 25.0 Å². The Morgan fingerprint density at radius 3 is 2.25 bits per heavy atom. The normalized spacial score (nSPS) is 18.4. The van der Waals surface area contributed by atoms with Gasteiger partial charge in [0.2, 0.25) is 0 Å². The van der Waals surface area contributed by atoms with Crippen LogP contribution in [0.5, 0.6) is 5.75 Å². The lowest BCUT2D eigenvalue weighted by atomic mass is 10.0. The van der Waals surface area contributed by atoms with Gasteiger partial charge < -0.3 is 20.5 Å². The lowest BCUT2D eigenvalue weighted by molar-refractivity contribution is 0.0192. The molecule has 0 aliphatic carbocycles. The van der Waals surface area contributed by atoms with Crippen molar-refractivity contribution in [3.05, 3.63) is 90.0 Å². The Bertz CT molecular complexity index is 1050. The molecular formula is C26H26N2O4. The van der Waals surface area contributed by atoms with Gasteiger partial charge in [-0.1, -0.05) is 42.5 Å². The molecule has 0 aromatic heterocycles. The number of aromatic hydroxyl groups is 1. The number of hydrogen-bond acceptors (Lipinski definition) is 5. The number of carbonyl (C=O) groups is 2. The fraction of sp³-hybridized carbons (Fsp3) is 0.231. The Balaban J connectivity index is 1.43. The molecule has 1 saturated heterocycles. The molecule has 1 amide bonds. The van der Waals surface area contributed by atoms with E-state index >= 15 is 0 Å². The quantitative estimate of drug-likeness (QED) is 0.537. The first-order chi connectivity index (χ1) is 15.6. The van der Waals surface area contributed by atoms with Gasteiger partial charge in [-0.25, -0.2) is 4.79 Å². The number of ether oxygens (including phenoxy) is 1. The average Bonchev–Trinajstić information content (AvgIpc) is 3.05. The van der Waals surface area contributed by atoms with E-state index in [9.17, 15) is 14.7 Å². The van der Waals surface area contributed by atoms with Crippen LogP contribution in [-0.2, 0) is 4.74 Å². The van der Waals surface area contributed by atoms with E-state index in [1.807, 2.05) is 42.5 Å². The van der Waals surface area contributed by atoms with E-state index < -0.39 is 12.1 Å². The second-order valence-electron chi connectivity index (χ2n) is 7.86. The summed E-state index contributed by atoms with van der Waals surface area (Å²) in [5.74, 6) is -0.574. The largest absolute Gasteiger partial charge is 0.508 e. The summed E-state index contributed by atoms with van der Waals surface area (Å²) in [7, 11) is 0. The highest BCUT2D eigenvalue weighted by atomic mass is 16.5. The molecule has 1 heterocycles. The fourth-order valence-electron chi connectivity index (χ4n) is 3.80. The van der Waals surface area contributed by atoms with E-state index in [2.05, 4.69) is 10.6 Å². The molecule has 6 heteroatoms. The van der Waals surface area contributed by atoms with Crippen molar-refractivity contribution in [3.8, 4) is 16.9 Å². The molecule has 164 valence electrons. The van der Waals surface area contributed by atoms with Crippen molar-refractivity contribution in [2.75, 3.05) is 13.1 Å². The molecule has 2 atom stereocenters. The smallest absolute Gasteiger partial charge is 0.338 e. The predicted molar refractivity (Wildman–Crippen MR) is 123 cm³/mol. The first-order valence-corrected chi connectivity index (χ1v) is 10.8. The van der Waals surface area contributed by atoms with Crippen LogP contribution < -0.4 is 10.6 Å². The van der Waals surface area contributed by atoms with E-state index in [4.69, 9.17) is 4.74 Å². The summed E-state index contributed by atoms with van der Waals surface area (Å²) in [4.78, 5) is 25.5. The number of nitrogens with one attached hydrogen (secondary N) is 2. The zero-order chi connectivity index (χ0) is 22.3. The Morgan fingerprint density at radius 1 is 0.875 bits per heavy atom. The minimum absolute atomic E-state index is 0.0998. The molecule has 3 aromatic rings. The van der Waals surface area contributed by atoms with Crippen LogP contribution in [0.4, 0.5) is 0 Å². The minimum Gasteiger partial charge on any atom is -0.508 e. The summed E-state index contributed by atoms with van der Waals surface area (Å²) >= 11 is 0. The molecule has 1 aliphatic heterocycles. The zero-order valence-corrected chi connectivity index (χ0v) is 17.7. The van der Waals surface area contributed by atoms with Gasteiger partial charge in [0.25, 0.3) is 5.91 Å². The highest BCUT2D eigenvalue weighted by molar-refractivity contribution is 5.94. The van der Waals surface area contributed by atoms with Crippen molar-refractivity contribution >= 4 is 11.9 Å². The number of amides is 1. The van der Waals surface area contributed by atoms with Gasteiger partial charge in [0, 0.05) is 12.1 Å². The maximum atomic E-state index is 12.8. The molecule has 0 unspecified atom stereocenters. The molecule has 4 rings (SSSR count). The highest BCUT2D eigenvalue weighted by Gasteiger charge is 2.29. The third-order valence-corrected chi connectivity index (χ3v) is 5.59. The number of esters is 1. The number of phenols is 1. The molecule has 0 spiro atoms. The van der Waals surface area contributed by atoms with Crippen LogP contribution in [-0.4, -0.2) is 42.2 Å². The Kier molecular flexibility index (Phi) is 6.82. The van der Waals surface area contributed by atoms with E-state index in [1.54, 1.807) is 24.3 Å². The summed E-state index contributed by atoms with van der Waals surface area (Å²) in [5, 5.41) is 15.7. The topological polar surface area (TPSA) is 87.7 Å². The molecule has 0 saturated carbocycles. The van der Waals surface area contributed by atoms with E-state index in [0.717, 1.165) is 24.1 Å². The van der Waals surface area contributed by atoms with Gasteiger partial charge in [-0.3, -0.25) is 4.79 Å². The maximum Gasteiger partial charge on any atom is 0.338 e. The summed E-state index contributed by atoms with van der Waals surface area (Å²) in [5.41, 5.74) is 3.03. The number of hydrogen-bond donors (Lipinski definition) is 3. The van der Waals surface area contributed by atoms with Gasteiger partial charge in [-0.15, -0.1) is 0 Å². The molecule has 0 bridgehead atoms. The van der Waals surface area contributed by atoms with Gasteiger partial charge >= 0.3 is 5.97 Å². The minimum atomic E-state index is -0.438. The Hall–Kier alpha value is -3.64. The summed E-state index contributed by atoms with van der Waals surface area (Å²) in [6.45, 7) is 1.31. The molecular weight excluding hydrogens is 404 g/mol. The highest BCUT2D eigenvalue weighted by Crippen LogP contribution is 2.21. The van der Waals surface area contributed by atoms with Gasteiger partial charge in [0.1, 0.15) is 11.9 Å². The number of carbonyl (C=O) groups excluding carboxylic acids is 2. The van der Waals surface area contributed by atoms with Crippen LogP contribution in [0, 0.1) is 0 Å². The summed E-state index contributed by atoms with van der Waals surface area (Å²) in [6.07, 6.45) is 1.06. The van der Waals surface area contributed by atoms with E-state index in [-0.39, 0.29) is 17.7 Å². The third kappa shape index (κ3) is 5.34. The molecule has 3 N–H and O–H groups in total. The Morgan fingerprint density at radius 2 is 1.53 bits per heavy atom. The Labute approximate surface area is 187 Å². The molecule has 1 fully saturated rings. The van der Waals surface area contributed by atoms with Gasteiger partial charge in [0.05, 0.1) is 11.6 Å². The SMILES string of the molecule is O=C(N[C@@H]1CNCCC[C@H]1OC(=O)c1ccc(-c2ccccc2)cc1)c1ccc(O)cc1. The van der Waals surface area contributed by atoms with Crippen molar-refractivity contribution in [2.24, 2.45) is 0 Å². The van der Waals surface area contributed by atoms with Crippen molar-refractivity contribution in [1.82, 2.24) is 10.6 Å². The first kappa shape index (κ1) is 21.6. The molecule has 3 aromatic carbocycles. The standard InChI is InChI=1S/C26H26N2O4/c29-22-14-12-20(13-15-22)25(30)28-23-17-27-16-4-7-24(23)32-26(31)21-10-8-19(9-11-21)18-5-2-1-3-6-18/h1-3,5-6,8-15,23-24,27,29H,4,7,16-17H2,(H,28,30)/t23-,24-/m1/s1. The van der Waals surface area contributed by atoms with Crippen LogP contribution in [0.15, 0.2) is 78.9 Å². The molecule has 32 heavy (non-hydrogen) atoms. The molecule has 1 aliphatic rings.